The van der Waals surface area contributed by atoms with Gasteiger partial charge in [-0.3, -0.25) is 9.59 Å². The van der Waals surface area contributed by atoms with Crippen LogP contribution < -0.4 is 10.1 Å². The van der Waals surface area contributed by atoms with Gasteiger partial charge in [-0.2, -0.15) is 5.10 Å². The molecule has 0 spiro atoms. The van der Waals surface area contributed by atoms with Gasteiger partial charge in [0.15, 0.2) is 6.61 Å². The molecule has 0 atom stereocenters. The van der Waals surface area contributed by atoms with Crippen molar-refractivity contribution < 1.29 is 14.3 Å². The van der Waals surface area contributed by atoms with Crippen LogP contribution in [0.15, 0.2) is 6.07 Å². The molecule has 0 aliphatic carbocycles. The van der Waals surface area contributed by atoms with Crippen molar-refractivity contribution in [2.24, 2.45) is 7.05 Å². The number of ether oxygens (including phenoxy) is 1. The standard InChI is InChI=1S/C18H21Cl2N3O3/c1-6-21-13(24)8-26-18-14(11(4)22-23(18)5)17(25)12-7-9(2)15(19)10(3)16(12)20/h7H,6,8H2,1-5H3,(H,21,24). The van der Waals surface area contributed by atoms with E-state index in [4.69, 9.17) is 27.9 Å². The van der Waals surface area contributed by atoms with Gasteiger partial charge in [0.1, 0.15) is 5.56 Å². The minimum atomic E-state index is -0.325. The Labute approximate surface area is 162 Å². The van der Waals surface area contributed by atoms with Crippen LogP contribution in [-0.2, 0) is 11.8 Å². The van der Waals surface area contributed by atoms with Crippen LogP contribution in [-0.4, -0.2) is 34.6 Å². The van der Waals surface area contributed by atoms with Crippen molar-refractivity contribution in [1.82, 2.24) is 15.1 Å². The Kier molecular flexibility index (Phi) is 6.31. The molecule has 1 aromatic carbocycles. The van der Waals surface area contributed by atoms with Gasteiger partial charge in [-0.05, 0) is 44.9 Å². The number of amides is 1. The molecular formula is C18H21Cl2N3O3. The van der Waals surface area contributed by atoms with E-state index in [1.165, 1.54) is 4.68 Å². The maximum absolute atomic E-state index is 13.1. The van der Waals surface area contributed by atoms with E-state index in [0.29, 0.717) is 33.4 Å². The van der Waals surface area contributed by atoms with E-state index < -0.39 is 0 Å². The monoisotopic (exact) mass is 397 g/mol. The van der Waals surface area contributed by atoms with Crippen molar-refractivity contribution >= 4 is 34.9 Å². The molecule has 2 aromatic rings. The molecule has 0 unspecified atom stereocenters. The third kappa shape index (κ3) is 3.86. The fourth-order valence-electron chi connectivity index (χ4n) is 2.68. The Balaban J connectivity index is 2.46. The van der Waals surface area contributed by atoms with Gasteiger partial charge in [-0.1, -0.05) is 23.2 Å². The van der Waals surface area contributed by atoms with Gasteiger partial charge >= 0.3 is 0 Å². The molecule has 0 saturated heterocycles. The smallest absolute Gasteiger partial charge is 0.257 e. The second kappa shape index (κ2) is 8.10. The number of carbonyl (C=O) groups excluding carboxylic acids is 2. The van der Waals surface area contributed by atoms with Crippen LogP contribution in [0.1, 0.15) is 39.7 Å². The zero-order chi connectivity index (χ0) is 19.6. The first-order valence-electron chi connectivity index (χ1n) is 8.12. The molecule has 140 valence electrons. The van der Waals surface area contributed by atoms with Crippen LogP contribution in [0, 0.1) is 20.8 Å². The molecule has 1 heterocycles. The first kappa shape index (κ1) is 20.3. The summed E-state index contributed by atoms with van der Waals surface area (Å²) in [6.07, 6.45) is 0. The number of aromatic nitrogens is 2. The molecule has 0 bridgehead atoms. The predicted molar refractivity (Wildman–Crippen MR) is 101 cm³/mol. The number of likely N-dealkylation sites (N-methyl/N-ethyl adjacent to an activating group) is 1. The van der Waals surface area contributed by atoms with Crippen LogP contribution in [0.4, 0.5) is 0 Å². The Morgan fingerprint density at radius 1 is 1.23 bits per heavy atom. The summed E-state index contributed by atoms with van der Waals surface area (Å²) in [5.41, 5.74) is 2.49. The van der Waals surface area contributed by atoms with E-state index in [9.17, 15) is 9.59 Å². The quantitative estimate of drug-likeness (QED) is 0.757. The topological polar surface area (TPSA) is 73.2 Å². The number of carbonyl (C=O) groups is 2. The number of hydrogen-bond donors (Lipinski definition) is 1. The molecular weight excluding hydrogens is 377 g/mol. The molecule has 6 nitrogen and oxygen atoms in total. The van der Waals surface area contributed by atoms with Crippen LogP contribution in [0.5, 0.6) is 5.88 Å². The first-order valence-corrected chi connectivity index (χ1v) is 8.87. The summed E-state index contributed by atoms with van der Waals surface area (Å²) in [7, 11) is 1.65. The van der Waals surface area contributed by atoms with Gasteiger partial charge in [0.2, 0.25) is 11.7 Å². The highest BCUT2D eigenvalue weighted by atomic mass is 35.5. The summed E-state index contributed by atoms with van der Waals surface area (Å²) in [5, 5.41) is 7.71. The number of nitrogens with zero attached hydrogens (tertiary/aromatic N) is 2. The number of aryl methyl sites for hydroxylation is 3. The maximum atomic E-state index is 13.1. The maximum Gasteiger partial charge on any atom is 0.257 e. The zero-order valence-electron chi connectivity index (χ0n) is 15.4. The average molecular weight is 398 g/mol. The number of rotatable bonds is 6. The van der Waals surface area contributed by atoms with Crippen molar-refractivity contribution in [1.29, 1.82) is 0 Å². The summed E-state index contributed by atoms with van der Waals surface area (Å²) in [5.74, 6) is -0.379. The van der Waals surface area contributed by atoms with Crippen molar-refractivity contribution in [3.05, 3.63) is 44.1 Å². The normalized spacial score (nSPS) is 10.7. The summed E-state index contributed by atoms with van der Waals surface area (Å²) in [4.78, 5) is 24.8. The van der Waals surface area contributed by atoms with Crippen molar-refractivity contribution in [3.8, 4) is 5.88 Å². The second-order valence-corrected chi connectivity index (χ2v) is 6.71. The van der Waals surface area contributed by atoms with E-state index in [0.717, 1.165) is 5.56 Å². The second-order valence-electron chi connectivity index (χ2n) is 5.95. The van der Waals surface area contributed by atoms with E-state index in [1.54, 1.807) is 27.0 Å². The Morgan fingerprint density at radius 3 is 2.50 bits per heavy atom. The lowest BCUT2D eigenvalue weighted by atomic mass is 9.99. The lowest BCUT2D eigenvalue weighted by Crippen LogP contribution is -2.29. The van der Waals surface area contributed by atoms with Crippen molar-refractivity contribution in [2.75, 3.05) is 13.2 Å². The molecule has 0 aliphatic rings. The summed E-state index contributed by atoms with van der Waals surface area (Å²) < 4.78 is 7.00. The number of benzene rings is 1. The van der Waals surface area contributed by atoms with Gasteiger partial charge in [0.25, 0.3) is 5.91 Å². The molecule has 1 N–H and O–H groups in total. The number of hydrogen-bond acceptors (Lipinski definition) is 4. The Hall–Kier alpha value is -2.05. The van der Waals surface area contributed by atoms with Gasteiger partial charge in [0.05, 0.1) is 10.7 Å². The minimum absolute atomic E-state index is 0.209. The first-order chi connectivity index (χ1) is 12.2. The van der Waals surface area contributed by atoms with Gasteiger partial charge in [-0.15, -0.1) is 0 Å². The third-order valence-electron chi connectivity index (χ3n) is 3.96. The highest BCUT2D eigenvalue weighted by Crippen LogP contribution is 2.34. The highest BCUT2D eigenvalue weighted by Gasteiger charge is 2.26. The fraction of sp³-hybridized carbons (Fsp3) is 0.389. The van der Waals surface area contributed by atoms with E-state index in [1.807, 2.05) is 13.8 Å². The van der Waals surface area contributed by atoms with E-state index in [2.05, 4.69) is 10.4 Å². The minimum Gasteiger partial charge on any atom is -0.467 e. The van der Waals surface area contributed by atoms with Gasteiger partial charge in [-0.25, -0.2) is 4.68 Å². The molecule has 2 rings (SSSR count). The molecule has 0 fully saturated rings. The Bertz CT molecular complexity index is 875. The highest BCUT2D eigenvalue weighted by molar-refractivity contribution is 6.39. The molecule has 0 saturated carbocycles. The molecule has 8 heteroatoms. The van der Waals surface area contributed by atoms with E-state index >= 15 is 0 Å². The van der Waals surface area contributed by atoms with Crippen LogP contribution >= 0.6 is 23.2 Å². The summed E-state index contributed by atoms with van der Waals surface area (Å²) >= 11 is 12.6. The Morgan fingerprint density at radius 2 is 1.88 bits per heavy atom. The number of nitrogens with one attached hydrogen (secondary N) is 1. The third-order valence-corrected chi connectivity index (χ3v) is 5.03. The largest absolute Gasteiger partial charge is 0.467 e. The average Bonchev–Trinajstić information content (AvgIpc) is 2.87. The van der Waals surface area contributed by atoms with Crippen LogP contribution in [0.2, 0.25) is 10.0 Å². The number of ketones is 1. The molecule has 1 aromatic heterocycles. The van der Waals surface area contributed by atoms with Gasteiger partial charge in [0, 0.05) is 24.2 Å². The van der Waals surface area contributed by atoms with Gasteiger partial charge < -0.3 is 10.1 Å². The van der Waals surface area contributed by atoms with Crippen molar-refractivity contribution in [3.63, 3.8) is 0 Å². The summed E-state index contributed by atoms with van der Waals surface area (Å²) in [6.45, 7) is 7.38. The van der Waals surface area contributed by atoms with Crippen LogP contribution in [0.25, 0.3) is 0 Å². The molecule has 26 heavy (non-hydrogen) atoms. The molecule has 0 radical (unpaired) electrons. The van der Waals surface area contributed by atoms with E-state index in [-0.39, 0.29) is 29.7 Å². The van der Waals surface area contributed by atoms with Crippen molar-refractivity contribution in [2.45, 2.75) is 27.7 Å². The SMILES string of the molecule is CCNC(=O)COc1c(C(=O)c2cc(C)c(Cl)c(C)c2Cl)c(C)nn1C. The fourth-order valence-corrected chi connectivity index (χ4v) is 3.12. The molecule has 1 amide bonds. The zero-order valence-corrected chi connectivity index (χ0v) is 16.9. The molecule has 0 aliphatic heterocycles. The number of halogens is 2. The predicted octanol–water partition coefficient (Wildman–Crippen LogP) is 3.40. The summed E-state index contributed by atoms with van der Waals surface area (Å²) in [6, 6.07) is 1.65. The lowest BCUT2D eigenvalue weighted by molar-refractivity contribution is -0.123. The van der Waals surface area contributed by atoms with Crippen LogP contribution in [0.3, 0.4) is 0 Å². The lowest BCUT2D eigenvalue weighted by Gasteiger charge is -2.12.